The average Bonchev–Trinajstić information content (AvgIpc) is 2.19. The molecule has 1 aromatic rings. The van der Waals surface area contributed by atoms with E-state index in [1.54, 1.807) is 6.07 Å². The molecule has 2 nitrogen and oxygen atoms in total. The van der Waals surface area contributed by atoms with Crippen molar-refractivity contribution < 1.29 is 9.18 Å². The second-order valence-corrected chi connectivity index (χ2v) is 4.09. The highest BCUT2D eigenvalue weighted by Crippen LogP contribution is 2.18. The average molecular weight is 274 g/mol. The molecule has 0 bridgehead atoms. The van der Waals surface area contributed by atoms with Gasteiger partial charge in [0, 0.05) is 10.9 Å². The molecule has 0 heterocycles. The predicted octanol–water partition coefficient (Wildman–Crippen LogP) is 2.31. The zero-order chi connectivity index (χ0) is 11.3. The van der Waals surface area contributed by atoms with Crippen LogP contribution in [0.1, 0.15) is 12.5 Å². The standard InChI is InChI=1S/C11H13BrFNO/c1-2-14-7-10(15)5-8-3-4-9(13)6-11(8)12/h3-4,6,14H,2,5,7H2,1H3. The van der Waals surface area contributed by atoms with Crippen molar-refractivity contribution in [3.8, 4) is 0 Å². The Labute approximate surface area is 97.0 Å². The van der Waals surface area contributed by atoms with E-state index >= 15 is 0 Å². The van der Waals surface area contributed by atoms with Gasteiger partial charge in [0.2, 0.25) is 0 Å². The summed E-state index contributed by atoms with van der Waals surface area (Å²) in [5, 5.41) is 2.96. The largest absolute Gasteiger partial charge is 0.310 e. The van der Waals surface area contributed by atoms with Crippen molar-refractivity contribution in [2.45, 2.75) is 13.3 Å². The summed E-state index contributed by atoms with van der Waals surface area (Å²) in [5.74, 6) is -0.200. The molecule has 0 radical (unpaired) electrons. The lowest BCUT2D eigenvalue weighted by Gasteiger charge is -2.04. The molecular formula is C11H13BrFNO. The van der Waals surface area contributed by atoms with Crippen LogP contribution in [0.5, 0.6) is 0 Å². The zero-order valence-corrected chi connectivity index (χ0v) is 10.1. The van der Waals surface area contributed by atoms with Crippen molar-refractivity contribution >= 4 is 21.7 Å². The highest BCUT2D eigenvalue weighted by molar-refractivity contribution is 9.10. The minimum absolute atomic E-state index is 0.101. The molecule has 1 N–H and O–H groups in total. The topological polar surface area (TPSA) is 29.1 Å². The van der Waals surface area contributed by atoms with E-state index in [0.29, 0.717) is 17.4 Å². The van der Waals surface area contributed by atoms with Crippen molar-refractivity contribution in [1.29, 1.82) is 0 Å². The van der Waals surface area contributed by atoms with Gasteiger partial charge in [-0.25, -0.2) is 4.39 Å². The molecule has 4 heteroatoms. The monoisotopic (exact) mass is 273 g/mol. The lowest BCUT2D eigenvalue weighted by molar-refractivity contribution is -0.117. The maximum atomic E-state index is 12.8. The lowest BCUT2D eigenvalue weighted by Crippen LogP contribution is -2.23. The summed E-state index contributed by atoms with van der Waals surface area (Å²) in [6.45, 7) is 3.08. The van der Waals surface area contributed by atoms with Crippen molar-refractivity contribution in [1.82, 2.24) is 5.32 Å². The van der Waals surface area contributed by atoms with E-state index < -0.39 is 0 Å². The highest BCUT2D eigenvalue weighted by atomic mass is 79.9. The number of benzene rings is 1. The number of hydrogen-bond donors (Lipinski definition) is 1. The minimum atomic E-state index is -0.301. The van der Waals surface area contributed by atoms with Gasteiger partial charge in [-0.1, -0.05) is 28.9 Å². The molecule has 0 fully saturated rings. The molecule has 0 saturated heterocycles. The molecule has 82 valence electrons. The second-order valence-electron chi connectivity index (χ2n) is 3.23. The van der Waals surface area contributed by atoms with E-state index in [1.807, 2.05) is 6.92 Å². The van der Waals surface area contributed by atoms with Gasteiger partial charge in [0.1, 0.15) is 5.82 Å². The molecule has 1 aromatic carbocycles. The zero-order valence-electron chi connectivity index (χ0n) is 8.52. The summed E-state index contributed by atoms with van der Waals surface area (Å²) in [4.78, 5) is 11.4. The van der Waals surface area contributed by atoms with E-state index in [2.05, 4.69) is 21.2 Å². The Morgan fingerprint density at radius 1 is 1.53 bits per heavy atom. The first-order valence-electron chi connectivity index (χ1n) is 4.79. The Bertz CT molecular complexity index is 354. The van der Waals surface area contributed by atoms with E-state index in [9.17, 15) is 9.18 Å². The number of hydrogen-bond acceptors (Lipinski definition) is 2. The van der Waals surface area contributed by atoms with Crippen LogP contribution in [0.4, 0.5) is 4.39 Å². The van der Waals surface area contributed by atoms with Gasteiger partial charge in [-0.3, -0.25) is 4.79 Å². The summed E-state index contributed by atoms with van der Waals surface area (Å²) in [7, 11) is 0. The van der Waals surface area contributed by atoms with Crippen molar-refractivity contribution in [3.05, 3.63) is 34.1 Å². The van der Waals surface area contributed by atoms with Crippen LogP contribution < -0.4 is 5.32 Å². The Morgan fingerprint density at radius 2 is 2.27 bits per heavy atom. The number of carbonyl (C=O) groups is 1. The number of nitrogens with one attached hydrogen (secondary N) is 1. The molecule has 1 rings (SSSR count). The normalized spacial score (nSPS) is 10.3. The SMILES string of the molecule is CCNCC(=O)Cc1ccc(F)cc1Br. The fourth-order valence-corrected chi connectivity index (χ4v) is 1.70. The van der Waals surface area contributed by atoms with Gasteiger partial charge in [-0.15, -0.1) is 0 Å². The third-order valence-electron chi connectivity index (χ3n) is 1.97. The molecule has 0 unspecified atom stereocenters. The first-order valence-corrected chi connectivity index (χ1v) is 5.59. The van der Waals surface area contributed by atoms with E-state index in [4.69, 9.17) is 0 Å². The van der Waals surface area contributed by atoms with Gasteiger partial charge in [-0.05, 0) is 24.2 Å². The number of ketones is 1. The van der Waals surface area contributed by atoms with Gasteiger partial charge in [-0.2, -0.15) is 0 Å². The van der Waals surface area contributed by atoms with Crippen LogP contribution in [-0.2, 0) is 11.2 Å². The number of carbonyl (C=O) groups excluding carboxylic acids is 1. The van der Waals surface area contributed by atoms with Gasteiger partial charge >= 0.3 is 0 Å². The number of Topliss-reactive ketones (excluding diaryl/α,β-unsaturated/α-hetero) is 1. The molecule has 0 aliphatic rings. The minimum Gasteiger partial charge on any atom is -0.310 e. The van der Waals surface area contributed by atoms with Crippen LogP contribution in [0.2, 0.25) is 0 Å². The van der Waals surface area contributed by atoms with Gasteiger partial charge in [0.25, 0.3) is 0 Å². The van der Waals surface area contributed by atoms with Gasteiger partial charge in [0.05, 0.1) is 6.54 Å². The first-order chi connectivity index (χ1) is 7.13. The molecule has 0 spiro atoms. The van der Waals surface area contributed by atoms with Crippen LogP contribution in [0.3, 0.4) is 0 Å². The van der Waals surface area contributed by atoms with E-state index in [0.717, 1.165) is 12.1 Å². The summed E-state index contributed by atoms with van der Waals surface area (Å²) in [6.07, 6.45) is 0.327. The number of rotatable bonds is 5. The smallest absolute Gasteiger partial charge is 0.151 e. The molecule has 0 aliphatic heterocycles. The van der Waals surface area contributed by atoms with E-state index in [-0.39, 0.29) is 11.6 Å². The highest BCUT2D eigenvalue weighted by Gasteiger charge is 2.06. The van der Waals surface area contributed by atoms with Gasteiger partial charge < -0.3 is 5.32 Å². The fourth-order valence-electron chi connectivity index (χ4n) is 1.20. The van der Waals surface area contributed by atoms with Crippen LogP contribution in [-0.4, -0.2) is 18.9 Å². The van der Waals surface area contributed by atoms with Crippen LogP contribution >= 0.6 is 15.9 Å². The Hall–Kier alpha value is -0.740. The molecular weight excluding hydrogens is 261 g/mol. The molecule has 0 saturated carbocycles. The number of likely N-dealkylation sites (N-methyl/N-ethyl adjacent to an activating group) is 1. The Morgan fingerprint density at radius 3 is 2.87 bits per heavy atom. The summed E-state index contributed by atoms with van der Waals surface area (Å²) < 4.78 is 13.4. The summed E-state index contributed by atoms with van der Waals surface area (Å²) in [5.41, 5.74) is 0.819. The quantitative estimate of drug-likeness (QED) is 0.892. The van der Waals surface area contributed by atoms with Gasteiger partial charge in [0.15, 0.2) is 5.78 Å². The van der Waals surface area contributed by atoms with Crippen molar-refractivity contribution in [3.63, 3.8) is 0 Å². The Balaban J connectivity index is 2.60. The maximum Gasteiger partial charge on any atom is 0.151 e. The molecule has 15 heavy (non-hydrogen) atoms. The van der Waals surface area contributed by atoms with Crippen LogP contribution in [0, 0.1) is 5.82 Å². The third-order valence-corrected chi connectivity index (χ3v) is 2.71. The fraction of sp³-hybridized carbons (Fsp3) is 0.364. The van der Waals surface area contributed by atoms with Crippen LogP contribution in [0.15, 0.2) is 22.7 Å². The molecule has 0 atom stereocenters. The molecule has 0 aliphatic carbocycles. The summed E-state index contributed by atoms with van der Waals surface area (Å²) >= 11 is 3.23. The second kappa shape index (κ2) is 5.98. The van der Waals surface area contributed by atoms with Crippen molar-refractivity contribution in [2.75, 3.05) is 13.1 Å². The predicted molar refractivity (Wildman–Crippen MR) is 61.4 cm³/mol. The van der Waals surface area contributed by atoms with Crippen molar-refractivity contribution in [2.24, 2.45) is 0 Å². The lowest BCUT2D eigenvalue weighted by atomic mass is 10.1. The first kappa shape index (κ1) is 12.3. The maximum absolute atomic E-state index is 12.8. The Kier molecular flexibility index (Phi) is 4.91. The number of halogens is 2. The molecule has 0 aromatic heterocycles. The third kappa shape index (κ3) is 4.10. The molecule has 0 amide bonds. The van der Waals surface area contributed by atoms with E-state index in [1.165, 1.54) is 12.1 Å². The summed E-state index contributed by atoms with van der Waals surface area (Å²) in [6, 6.07) is 4.36. The van der Waals surface area contributed by atoms with Crippen LogP contribution in [0.25, 0.3) is 0 Å².